The Kier molecular flexibility index (Phi) is 5.87. The summed E-state index contributed by atoms with van der Waals surface area (Å²) in [4.78, 5) is 24.5. The Balaban J connectivity index is 1.73. The average molecular weight is 450 g/mol. The Bertz CT molecular complexity index is 993. The molecular formula is C16H20ClN3O6S2. The molecule has 28 heavy (non-hydrogen) atoms. The van der Waals surface area contributed by atoms with Crippen LogP contribution in [0.25, 0.3) is 0 Å². The van der Waals surface area contributed by atoms with E-state index in [1.165, 1.54) is 18.2 Å². The number of carbonyl (C=O) groups excluding carboxylic acids is 2. The molecule has 0 spiro atoms. The van der Waals surface area contributed by atoms with Gasteiger partial charge in [-0.25, -0.2) is 16.8 Å². The molecule has 0 atom stereocenters. The number of amides is 2. The van der Waals surface area contributed by atoms with Gasteiger partial charge in [0, 0.05) is 25.9 Å². The Morgan fingerprint density at radius 2 is 1.79 bits per heavy atom. The minimum absolute atomic E-state index is 0.0111. The quantitative estimate of drug-likeness (QED) is 0.650. The summed E-state index contributed by atoms with van der Waals surface area (Å²) in [5, 5.41) is 0.193. The van der Waals surface area contributed by atoms with Crippen LogP contribution in [-0.4, -0.2) is 58.1 Å². The Morgan fingerprint density at radius 1 is 1.11 bits per heavy atom. The van der Waals surface area contributed by atoms with Gasteiger partial charge >= 0.3 is 0 Å². The zero-order valence-electron chi connectivity index (χ0n) is 14.9. The van der Waals surface area contributed by atoms with E-state index < -0.39 is 25.8 Å². The van der Waals surface area contributed by atoms with Crippen molar-refractivity contribution in [3.05, 3.63) is 23.2 Å². The van der Waals surface area contributed by atoms with Crippen LogP contribution in [0.5, 0.6) is 0 Å². The number of halogens is 1. The number of likely N-dealkylation sites (tertiary alicyclic amines) is 1. The first-order valence-corrected chi connectivity index (χ1v) is 12.4. The normalized spacial score (nSPS) is 19.9. The van der Waals surface area contributed by atoms with Crippen molar-refractivity contribution in [1.82, 2.24) is 4.90 Å². The molecule has 9 nitrogen and oxygen atoms in total. The van der Waals surface area contributed by atoms with Gasteiger partial charge < -0.3 is 0 Å². The van der Waals surface area contributed by atoms with E-state index in [4.69, 9.17) is 11.6 Å². The number of piperidine rings is 1. The van der Waals surface area contributed by atoms with E-state index in [2.05, 4.69) is 4.72 Å². The molecule has 2 fully saturated rings. The van der Waals surface area contributed by atoms with Crippen LogP contribution in [-0.2, 0) is 29.6 Å². The third-order valence-electron chi connectivity index (χ3n) is 4.55. The summed E-state index contributed by atoms with van der Waals surface area (Å²) in [7, 11) is -7.34. The van der Waals surface area contributed by atoms with Gasteiger partial charge in [-0.3, -0.25) is 23.5 Å². The zero-order chi connectivity index (χ0) is 20.5. The number of imide groups is 1. The molecule has 0 radical (unpaired) electrons. The summed E-state index contributed by atoms with van der Waals surface area (Å²) in [5.74, 6) is -1.19. The maximum Gasteiger partial charge on any atom is 0.235 e. The molecule has 3 rings (SSSR count). The summed E-state index contributed by atoms with van der Waals surface area (Å²) in [6.07, 6.45) is 1.40. The second-order valence-corrected chi connectivity index (χ2v) is 10.9. The van der Waals surface area contributed by atoms with Crippen LogP contribution in [0, 0.1) is 0 Å². The lowest BCUT2D eigenvalue weighted by Gasteiger charge is -2.24. The van der Waals surface area contributed by atoms with Crippen molar-refractivity contribution in [2.24, 2.45) is 0 Å². The van der Waals surface area contributed by atoms with Gasteiger partial charge in [-0.15, -0.1) is 0 Å². The third kappa shape index (κ3) is 4.58. The smallest absolute Gasteiger partial charge is 0.235 e. The lowest BCUT2D eigenvalue weighted by Crippen LogP contribution is -2.43. The molecule has 0 bridgehead atoms. The van der Waals surface area contributed by atoms with Crippen molar-refractivity contribution >= 4 is 54.8 Å². The summed E-state index contributed by atoms with van der Waals surface area (Å²) in [6.45, 7) is 0.0470. The van der Waals surface area contributed by atoms with Gasteiger partial charge in [-0.1, -0.05) is 11.6 Å². The molecule has 2 heterocycles. The molecule has 1 aromatic rings. The van der Waals surface area contributed by atoms with E-state index in [0.29, 0.717) is 12.8 Å². The van der Waals surface area contributed by atoms with E-state index in [9.17, 15) is 26.4 Å². The number of sulfonamides is 2. The van der Waals surface area contributed by atoms with Crippen LogP contribution < -0.4 is 9.03 Å². The highest BCUT2D eigenvalue weighted by atomic mass is 35.5. The fourth-order valence-corrected chi connectivity index (χ4v) is 6.02. The molecule has 154 valence electrons. The number of hydrogen-bond acceptors (Lipinski definition) is 6. The second-order valence-electron chi connectivity index (χ2n) is 6.62. The second kappa shape index (κ2) is 7.88. The third-order valence-corrected chi connectivity index (χ3v) is 8.00. The first-order chi connectivity index (χ1) is 13.1. The van der Waals surface area contributed by atoms with E-state index in [0.717, 1.165) is 9.21 Å². The topological polar surface area (TPSA) is 121 Å². The van der Waals surface area contributed by atoms with Crippen molar-refractivity contribution in [1.29, 1.82) is 0 Å². The summed E-state index contributed by atoms with van der Waals surface area (Å²) in [5.41, 5.74) is 0.360. The average Bonchev–Trinajstić information content (AvgIpc) is 2.95. The summed E-state index contributed by atoms with van der Waals surface area (Å²) in [6, 6.07) is 4.20. The standard InChI is InChI=1S/C16H20ClN3O6S2/c17-13-6-5-12(11-14(13)20-7-2-9-28(20,25)26)18-27(23,24)10-8-19-15(21)3-1-4-16(19)22/h5-6,11,18H,1-4,7-10H2. The van der Waals surface area contributed by atoms with Crippen molar-refractivity contribution in [2.45, 2.75) is 25.7 Å². The van der Waals surface area contributed by atoms with Crippen molar-refractivity contribution in [3.8, 4) is 0 Å². The fraction of sp³-hybridized carbons (Fsp3) is 0.500. The largest absolute Gasteiger partial charge is 0.283 e. The maximum absolute atomic E-state index is 12.4. The van der Waals surface area contributed by atoms with E-state index >= 15 is 0 Å². The van der Waals surface area contributed by atoms with Crippen LogP contribution in [0.2, 0.25) is 5.02 Å². The van der Waals surface area contributed by atoms with Gasteiger partial charge in [-0.2, -0.15) is 0 Å². The molecule has 2 aliphatic heterocycles. The highest BCUT2D eigenvalue weighted by molar-refractivity contribution is 7.93. The zero-order valence-corrected chi connectivity index (χ0v) is 17.3. The first-order valence-electron chi connectivity index (χ1n) is 8.73. The predicted molar refractivity (Wildman–Crippen MR) is 105 cm³/mol. The van der Waals surface area contributed by atoms with Crippen molar-refractivity contribution < 1.29 is 26.4 Å². The fourth-order valence-electron chi connectivity index (χ4n) is 3.17. The molecule has 2 aliphatic rings. The number of carbonyl (C=O) groups is 2. The number of anilines is 2. The highest BCUT2D eigenvalue weighted by Gasteiger charge is 2.31. The van der Waals surface area contributed by atoms with Crippen LogP contribution in [0.3, 0.4) is 0 Å². The van der Waals surface area contributed by atoms with Crippen molar-refractivity contribution in [3.63, 3.8) is 0 Å². The molecule has 2 saturated heterocycles. The number of rotatable bonds is 6. The van der Waals surface area contributed by atoms with Crippen LogP contribution in [0.15, 0.2) is 18.2 Å². The highest BCUT2D eigenvalue weighted by Crippen LogP contribution is 2.33. The van der Waals surface area contributed by atoms with Crippen LogP contribution in [0.1, 0.15) is 25.7 Å². The molecule has 12 heteroatoms. The molecule has 2 amide bonds. The van der Waals surface area contributed by atoms with Gasteiger partial charge in [0.05, 0.1) is 27.9 Å². The lowest BCUT2D eigenvalue weighted by atomic mass is 10.1. The van der Waals surface area contributed by atoms with Gasteiger partial charge in [0.1, 0.15) is 0 Å². The Labute approximate surface area is 168 Å². The van der Waals surface area contributed by atoms with Gasteiger partial charge in [0.2, 0.25) is 31.9 Å². The summed E-state index contributed by atoms with van der Waals surface area (Å²) >= 11 is 6.10. The molecule has 1 aromatic carbocycles. The number of nitrogens with one attached hydrogen (secondary N) is 1. The lowest BCUT2D eigenvalue weighted by molar-refractivity contribution is -0.147. The molecule has 0 unspecified atom stereocenters. The monoisotopic (exact) mass is 449 g/mol. The Morgan fingerprint density at radius 3 is 2.39 bits per heavy atom. The molecule has 0 aliphatic carbocycles. The molecule has 1 N–H and O–H groups in total. The van der Waals surface area contributed by atoms with Crippen LogP contribution in [0.4, 0.5) is 11.4 Å². The minimum atomic E-state index is -3.87. The maximum atomic E-state index is 12.4. The van der Waals surface area contributed by atoms with E-state index in [1.807, 2.05) is 0 Å². The summed E-state index contributed by atoms with van der Waals surface area (Å²) < 4.78 is 52.5. The van der Waals surface area contributed by atoms with Gasteiger partial charge in [0.25, 0.3) is 0 Å². The van der Waals surface area contributed by atoms with E-state index in [1.54, 1.807) is 0 Å². The molecular weight excluding hydrogens is 430 g/mol. The minimum Gasteiger partial charge on any atom is -0.283 e. The van der Waals surface area contributed by atoms with Gasteiger partial charge in [-0.05, 0) is 31.0 Å². The Hall–Kier alpha value is -1.85. The SMILES string of the molecule is O=C1CCCC(=O)N1CCS(=O)(=O)Nc1ccc(Cl)c(N2CCCS2(=O)=O)c1. The first kappa shape index (κ1) is 20.9. The predicted octanol–water partition coefficient (Wildman–Crippen LogP) is 1.16. The number of nitrogens with zero attached hydrogens (tertiary/aromatic N) is 2. The van der Waals surface area contributed by atoms with E-state index in [-0.39, 0.29) is 59.9 Å². The molecule has 0 aromatic heterocycles. The number of hydrogen-bond donors (Lipinski definition) is 1. The van der Waals surface area contributed by atoms with Crippen molar-refractivity contribution in [2.75, 3.05) is 33.6 Å². The molecule has 0 saturated carbocycles. The van der Waals surface area contributed by atoms with Crippen LogP contribution >= 0.6 is 11.6 Å². The van der Waals surface area contributed by atoms with Gasteiger partial charge in [0.15, 0.2) is 0 Å². The number of benzene rings is 1.